The summed E-state index contributed by atoms with van der Waals surface area (Å²) in [6.07, 6.45) is 1.74. The van der Waals surface area contributed by atoms with Crippen LogP contribution in [0.25, 0.3) is 17.0 Å². The SMILES string of the molecule is CCOC(=O)c1ccc(Cn2c(C)cc(=O)n3cc(-c4ccc(Cl)cc4)nc23)cc1. The number of carbonyl (C=O) groups is 1. The first-order chi connectivity index (χ1) is 14.5. The number of esters is 1. The van der Waals surface area contributed by atoms with Crippen molar-refractivity contribution in [3.8, 4) is 11.3 Å². The zero-order valence-electron chi connectivity index (χ0n) is 16.6. The number of benzene rings is 2. The zero-order chi connectivity index (χ0) is 21.3. The molecule has 0 aliphatic carbocycles. The number of imidazole rings is 1. The number of fused-ring (bicyclic) bond motifs is 1. The predicted molar refractivity (Wildman–Crippen MR) is 116 cm³/mol. The summed E-state index contributed by atoms with van der Waals surface area (Å²) in [5, 5.41) is 0.643. The number of ether oxygens (including phenoxy) is 1. The molecule has 2 heterocycles. The van der Waals surface area contributed by atoms with Gasteiger partial charge >= 0.3 is 5.97 Å². The molecule has 0 spiro atoms. The fraction of sp³-hybridized carbons (Fsp3) is 0.174. The van der Waals surface area contributed by atoms with E-state index in [1.807, 2.05) is 35.8 Å². The number of carbonyl (C=O) groups excluding carboxylic acids is 1. The molecule has 0 aliphatic rings. The number of nitrogens with zero attached hydrogens (tertiary/aromatic N) is 3. The number of halogens is 1. The van der Waals surface area contributed by atoms with Gasteiger partial charge < -0.3 is 9.30 Å². The van der Waals surface area contributed by atoms with Gasteiger partial charge in [0.2, 0.25) is 5.78 Å². The number of aromatic nitrogens is 3. The van der Waals surface area contributed by atoms with E-state index in [0.29, 0.717) is 35.2 Å². The lowest BCUT2D eigenvalue weighted by Crippen LogP contribution is -2.19. The molecule has 2 aromatic heterocycles. The van der Waals surface area contributed by atoms with Crippen molar-refractivity contribution in [2.45, 2.75) is 20.4 Å². The molecule has 30 heavy (non-hydrogen) atoms. The van der Waals surface area contributed by atoms with Gasteiger partial charge in [0.05, 0.1) is 24.4 Å². The third-order valence-corrected chi connectivity index (χ3v) is 5.12. The topological polar surface area (TPSA) is 65.6 Å². The quantitative estimate of drug-likeness (QED) is 0.449. The average Bonchev–Trinajstić information content (AvgIpc) is 3.18. The van der Waals surface area contributed by atoms with Gasteiger partial charge in [0, 0.05) is 28.5 Å². The van der Waals surface area contributed by atoms with Crippen molar-refractivity contribution >= 4 is 23.3 Å². The Hall–Kier alpha value is -3.38. The molecule has 0 atom stereocenters. The summed E-state index contributed by atoms with van der Waals surface area (Å²) >= 11 is 5.98. The van der Waals surface area contributed by atoms with Crippen LogP contribution in [0.15, 0.2) is 65.6 Å². The Bertz CT molecular complexity index is 1270. The van der Waals surface area contributed by atoms with Gasteiger partial charge in [-0.1, -0.05) is 35.9 Å². The molecule has 7 heteroatoms. The van der Waals surface area contributed by atoms with Crippen LogP contribution in [0.3, 0.4) is 0 Å². The molecule has 4 rings (SSSR count). The number of aryl methyl sites for hydroxylation is 1. The molecular weight excluding hydrogens is 402 g/mol. The minimum atomic E-state index is -0.341. The van der Waals surface area contributed by atoms with Gasteiger partial charge in [0.25, 0.3) is 5.56 Å². The summed E-state index contributed by atoms with van der Waals surface area (Å²) in [5.74, 6) is 0.214. The fourth-order valence-electron chi connectivity index (χ4n) is 3.31. The first-order valence-corrected chi connectivity index (χ1v) is 9.95. The molecule has 2 aromatic carbocycles. The Kier molecular flexibility index (Phi) is 5.42. The monoisotopic (exact) mass is 421 g/mol. The Morgan fingerprint density at radius 1 is 1.10 bits per heavy atom. The molecular formula is C23H20ClN3O3. The van der Waals surface area contributed by atoms with E-state index in [4.69, 9.17) is 21.3 Å². The minimum absolute atomic E-state index is 0.135. The van der Waals surface area contributed by atoms with E-state index in [-0.39, 0.29) is 11.5 Å². The van der Waals surface area contributed by atoms with E-state index in [2.05, 4.69) is 0 Å². The van der Waals surface area contributed by atoms with Crippen LogP contribution in [0.2, 0.25) is 5.02 Å². The Morgan fingerprint density at radius 3 is 2.47 bits per heavy atom. The van der Waals surface area contributed by atoms with Crippen molar-refractivity contribution in [2.75, 3.05) is 6.61 Å². The Morgan fingerprint density at radius 2 is 1.80 bits per heavy atom. The van der Waals surface area contributed by atoms with Gasteiger partial charge in [-0.05, 0) is 43.7 Å². The Balaban J connectivity index is 1.72. The van der Waals surface area contributed by atoms with Crippen molar-refractivity contribution in [1.82, 2.24) is 14.0 Å². The van der Waals surface area contributed by atoms with E-state index in [0.717, 1.165) is 16.8 Å². The third kappa shape index (κ3) is 3.86. The van der Waals surface area contributed by atoms with E-state index in [9.17, 15) is 9.59 Å². The molecule has 0 aliphatic heterocycles. The summed E-state index contributed by atoms with van der Waals surface area (Å²) in [4.78, 5) is 29.1. The van der Waals surface area contributed by atoms with Gasteiger partial charge in [0.1, 0.15) is 0 Å². The summed E-state index contributed by atoms with van der Waals surface area (Å²) in [6, 6.07) is 16.2. The van der Waals surface area contributed by atoms with Gasteiger partial charge in [0.15, 0.2) is 0 Å². The molecule has 4 aromatic rings. The van der Waals surface area contributed by atoms with E-state index < -0.39 is 0 Å². The highest BCUT2D eigenvalue weighted by atomic mass is 35.5. The summed E-state index contributed by atoms with van der Waals surface area (Å²) in [5.41, 5.74) is 3.73. The van der Waals surface area contributed by atoms with Crippen LogP contribution in [0.5, 0.6) is 0 Å². The van der Waals surface area contributed by atoms with Crippen LogP contribution in [0.4, 0.5) is 0 Å². The second-order valence-corrected chi connectivity index (χ2v) is 7.37. The third-order valence-electron chi connectivity index (χ3n) is 4.87. The standard InChI is InChI=1S/C23H20ClN3O3/c1-3-30-22(29)18-6-4-16(5-7-18)13-26-15(2)12-21(28)27-14-20(25-23(26)27)17-8-10-19(24)11-9-17/h4-12,14H,3,13H2,1-2H3. The van der Waals surface area contributed by atoms with Crippen molar-refractivity contribution in [3.63, 3.8) is 0 Å². The molecule has 0 fully saturated rings. The normalized spacial score (nSPS) is 11.0. The molecule has 6 nitrogen and oxygen atoms in total. The van der Waals surface area contributed by atoms with Gasteiger partial charge in [-0.2, -0.15) is 0 Å². The molecule has 0 saturated heterocycles. The van der Waals surface area contributed by atoms with Crippen molar-refractivity contribution in [2.24, 2.45) is 0 Å². The highest BCUT2D eigenvalue weighted by Gasteiger charge is 2.13. The van der Waals surface area contributed by atoms with Crippen molar-refractivity contribution in [1.29, 1.82) is 0 Å². The molecule has 152 valence electrons. The van der Waals surface area contributed by atoms with E-state index in [1.54, 1.807) is 47.9 Å². The maximum Gasteiger partial charge on any atom is 0.338 e. The maximum absolute atomic E-state index is 12.5. The second-order valence-electron chi connectivity index (χ2n) is 6.93. The largest absolute Gasteiger partial charge is 0.462 e. The molecule has 0 amide bonds. The molecule has 0 saturated carbocycles. The number of hydrogen-bond acceptors (Lipinski definition) is 4. The molecule has 0 bridgehead atoms. The highest BCUT2D eigenvalue weighted by Crippen LogP contribution is 2.21. The van der Waals surface area contributed by atoms with Crippen LogP contribution < -0.4 is 5.56 Å². The molecule has 0 N–H and O–H groups in total. The summed E-state index contributed by atoms with van der Waals surface area (Å²) in [6.45, 7) is 4.51. The highest BCUT2D eigenvalue weighted by molar-refractivity contribution is 6.30. The van der Waals surface area contributed by atoms with E-state index >= 15 is 0 Å². The van der Waals surface area contributed by atoms with Crippen LogP contribution in [-0.2, 0) is 11.3 Å². The number of hydrogen-bond donors (Lipinski definition) is 0. The van der Waals surface area contributed by atoms with Gasteiger partial charge in [-0.3, -0.25) is 9.20 Å². The smallest absolute Gasteiger partial charge is 0.338 e. The molecule has 0 radical (unpaired) electrons. The maximum atomic E-state index is 12.5. The lowest BCUT2D eigenvalue weighted by Gasteiger charge is -2.12. The van der Waals surface area contributed by atoms with Crippen LogP contribution in [0.1, 0.15) is 28.5 Å². The van der Waals surface area contributed by atoms with Crippen LogP contribution >= 0.6 is 11.6 Å². The minimum Gasteiger partial charge on any atom is -0.462 e. The van der Waals surface area contributed by atoms with Crippen molar-refractivity contribution in [3.05, 3.63) is 93.0 Å². The van der Waals surface area contributed by atoms with Crippen molar-refractivity contribution < 1.29 is 9.53 Å². The lowest BCUT2D eigenvalue weighted by atomic mass is 10.1. The van der Waals surface area contributed by atoms with Gasteiger partial charge in [-0.25, -0.2) is 9.78 Å². The Labute approximate surface area is 178 Å². The fourth-order valence-corrected chi connectivity index (χ4v) is 3.43. The lowest BCUT2D eigenvalue weighted by molar-refractivity contribution is 0.0526. The first-order valence-electron chi connectivity index (χ1n) is 9.58. The average molecular weight is 422 g/mol. The summed E-state index contributed by atoms with van der Waals surface area (Å²) < 4.78 is 8.55. The number of rotatable bonds is 5. The van der Waals surface area contributed by atoms with Crippen LogP contribution in [-0.4, -0.2) is 26.5 Å². The van der Waals surface area contributed by atoms with E-state index in [1.165, 1.54) is 0 Å². The molecule has 0 unspecified atom stereocenters. The predicted octanol–water partition coefficient (Wildman–Crippen LogP) is 4.35. The van der Waals surface area contributed by atoms with Crippen LogP contribution in [0, 0.1) is 6.92 Å². The zero-order valence-corrected chi connectivity index (χ0v) is 17.4. The summed E-state index contributed by atoms with van der Waals surface area (Å²) in [7, 11) is 0. The first kappa shape index (κ1) is 19.9. The van der Waals surface area contributed by atoms with Gasteiger partial charge in [-0.15, -0.1) is 0 Å². The second kappa shape index (κ2) is 8.16.